The Morgan fingerprint density at radius 2 is 1.70 bits per heavy atom. The summed E-state index contributed by atoms with van der Waals surface area (Å²) in [5.41, 5.74) is 2.12. The summed E-state index contributed by atoms with van der Waals surface area (Å²) in [6.07, 6.45) is 1.81. The first kappa shape index (κ1) is 12.7. The van der Waals surface area contributed by atoms with E-state index in [4.69, 9.17) is 4.74 Å². The van der Waals surface area contributed by atoms with Gasteiger partial charge < -0.3 is 4.74 Å². The predicted octanol–water partition coefficient (Wildman–Crippen LogP) is 4.03. The summed E-state index contributed by atoms with van der Waals surface area (Å²) in [6.45, 7) is 0. The first-order chi connectivity index (χ1) is 9.77. The van der Waals surface area contributed by atoms with Gasteiger partial charge in [0.25, 0.3) is 0 Å². The summed E-state index contributed by atoms with van der Waals surface area (Å²) >= 11 is 0. The third kappa shape index (κ3) is 2.06. The maximum atomic E-state index is 9.60. The highest BCUT2D eigenvalue weighted by atomic mass is 16.5. The van der Waals surface area contributed by atoms with Gasteiger partial charge in [-0.05, 0) is 42.0 Å². The fourth-order valence-corrected chi connectivity index (χ4v) is 3.04. The molecule has 1 aliphatic carbocycles. The lowest BCUT2D eigenvalue weighted by Gasteiger charge is -2.43. The second kappa shape index (κ2) is 5.02. The maximum absolute atomic E-state index is 9.60. The molecule has 0 unspecified atom stereocenters. The Morgan fingerprint density at radius 1 is 1.05 bits per heavy atom. The van der Waals surface area contributed by atoms with Crippen LogP contribution in [0.3, 0.4) is 0 Å². The van der Waals surface area contributed by atoms with E-state index in [1.54, 1.807) is 7.11 Å². The second-order valence-corrected chi connectivity index (χ2v) is 5.44. The molecule has 0 amide bonds. The highest BCUT2D eigenvalue weighted by Crippen LogP contribution is 2.52. The molecule has 0 heterocycles. The number of hydrogen-bond acceptors (Lipinski definition) is 2. The van der Waals surface area contributed by atoms with E-state index in [0.29, 0.717) is 5.92 Å². The summed E-state index contributed by atoms with van der Waals surface area (Å²) in [4.78, 5) is 0. The molecule has 3 rings (SSSR count). The van der Waals surface area contributed by atoms with Crippen molar-refractivity contribution in [1.82, 2.24) is 0 Å². The molecule has 2 aromatic carbocycles. The fourth-order valence-electron chi connectivity index (χ4n) is 3.04. The number of hydrogen-bond donors (Lipinski definition) is 0. The summed E-state index contributed by atoms with van der Waals surface area (Å²) in [5, 5.41) is 9.60. The van der Waals surface area contributed by atoms with Gasteiger partial charge in [0.05, 0.1) is 18.6 Å². The number of benzene rings is 2. The third-order valence-corrected chi connectivity index (χ3v) is 4.32. The predicted molar refractivity (Wildman–Crippen MR) is 78.7 cm³/mol. The fraction of sp³-hybridized carbons (Fsp3) is 0.278. The number of nitrogens with zero attached hydrogens (tertiary/aromatic N) is 1. The Hall–Kier alpha value is -2.27. The number of ether oxygens (including phenoxy) is 1. The van der Waals surface area contributed by atoms with Crippen LogP contribution in [0.1, 0.15) is 29.9 Å². The van der Waals surface area contributed by atoms with E-state index in [-0.39, 0.29) is 5.41 Å². The number of rotatable bonds is 3. The van der Waals surface area contributed by atoms with E-state index in [1.807, 2.05) is 30.3 Å². The Labute approximate surface area is 119 Å². The summed E-state index contributed by atoms with van der Waals surface area (Å²) in [5.74, 6) is 1.33. The van der Waals surface area contributed by atoms with Crippen molar-refractivity contribution in [2.24, 2.45) is 0 Å². The molecule has 0 spiro atoms. The van der Waals surface area contributed by atoms with Gasteiger partial charge in [0.15, 0.2) is 0 Å². The molecule has 0 radical (unpaired) electrons. The molecule has 0 saturated heterocycles. The maximum Gasteiger partial charge on any atom is 0.118 e. The molecule has 100 valence electrons. The smallest absolute Gasteiger partial charge is 0.118 e. The molecule has 0 N–H and O–H groups in total. The zero-order valence-corrected chi connectivity index (χ0v) is 11.5. The van der Waals surface area contributed by atoms with Gasteiger partial charge in [0, 0.05) is 0 Å². The largest absolute Gasteiger partial charge is 0.497 e. The minimum atomic E-state index is -0.327. The Bertz CT molecular complexity index is 619. The average Bonchev–Trinajstić information content (AvgIpc) is 2.48. The van der Waals surface area contributed by atoms with Gasteiger partial charge in [-0.15, -0.1) is 0 Å². The third-order valence-electron chi connectivity index (χ3n) is 4.32. The first-order valence-electron chi connectivity index (χ1n) is 6.88. The normalized spacial score (nSPS) is 24.5. The highest BCUT2D eigenvalue weighted by molar-refractivity contribution is 5.42. The van der Waals surface area contributed by atoms with Gasteiger partial charge in [0.2, 0.25) is 0 Å². The number of nitriles is 1. The molecular weight excluding hydrogens is 246 g/mol. The Morgan fingerprint density at radius 3 is 2.25 bits per heavy atom. The van der Waals surface area contributed by atoms with E-state index in [1.165, 1.54) is 5.56 Å². The molecule has 2 aromatic rings. The van der Waals surface area contributed by atoms with Gasteiger partial charge in [-0.2, -0.15) is 5.26 Å². The monoisotopic (exact) mass is 263 g/mol. The molecule has 1 saturated carbocycles. The van der Waals surface area contributed by atoms with Crippen LogP contribution in [-0.4, -0.2) is 7.11 Å². The van der Waals surface area contributed by atoms with E-state index >= 15 is 0 Å². The number of methoxy groups -OCH3 is 1. The molecular formula is C18H17NO. The van der Waals surface area contributed by atoms with Gasteiger partial charge in [0.1, 0.15) is 5.75 Å². The average molecular weight is 263 g/mol. The van der Waals surface area contributed by atoms with Crippen LogP contribution in [0.4, 0.5) is 0 Å². The van der Waals surface area contributed by atoms with Crippen molar-refractivity contribution in [3.63, 3.8) is 0 Å². The molecule has 0 aromatic heterocycles. The van der Waals surface area contributed by atoms with Crippen molar-refractivity contribution in [1.29, 1.82) is 5.26 Å². The van der Waals surface area contributed by atoms with Crippen LogP contribution in [0.25, 0.3) is 0 Å². The molecule has 2 nitrogen and oxygen atoms in total. The van der Waals surface area contributed by atoms with Gasteiger partial charge in [-0.3, -0.25) is 0 Å². The van der Waals surface area contributed by atoms with Crippen LogP contribution in [0.15, 0.2) is 54.6 Å². The lowest BCUT2D eigenvalue weighted by Crippen LogP contribution is -2.38. The first-order valence-corrected chi connectivity index (χ1v) is 6.88. The van der Waals surface area contributed by atoms with E-state index in [0.717, 1.165) is 24.2 Å². The van der Waals surface area contributed by atoms with Crippen LogP contribution in [0.2, 0.25) is 0 Å². The van der Waals surface area contributed by atoms with E-state index in [9.17, 15) is 5.26 Å². The minimum absolute atomic E-state index is 0.327. The van der Waals surface area contributed by atoms with Gasteiger partial charge >= 0.3 is 0 Å². The second-order valence-electron chi connectivity index (χ2n) is 5.44. The highest BCUT2D eigenvalue weighted by Gasteiger charge is 2.46. The SMILES string of the molecule is COc1ccc(C2(C#N)CC(c3ccccc3)C2)cc1. The molecule has 1 aliphatic rings. The van der Waals surface area contributed by atoms with Crippen molar-refractivity contribution in [3.05, 3.63) is 65.7 Å². The van der Waals surface area contributed by atoms with Gasteiger partial charge in [-0.25, -0.2) is 0 Å². The van der Waals surface area contributed by atoms with Crippen LogP contribution < -0.4 is 4.74 Å². The Kier molecular flexibility index (Phi) is 3.20. The van der Waals surface area contributed by atoms with Crippen molar-refractivity contribution in [2.45, 2.75) is 24.2 Å². The summed E-state index contributed by atoms with van der Waals surface area (Å²) in [7, 11) is 1.66. The van der Waals surface area contributed by atoms with Crippen molar-refractivity contribution in [3.8, 4) is 11.8 Å². The van der Waals surface area contributed by atoms with Crippen LogP contribution in [0.5, 0.6) is 5.75 Å². The Balaban J connectivity index is 1.80. The van der Waals surface area contributed by atoms with Gasteiger partial charge in [-0.1, -0.05) is 42.5 Å². The molecule has 1 fully saturated rings. The zero-order chi connectivity index (χ0) is 14.0. The standard InChI is InChI=1S/C18H17NO/c1-20-17-9-7-16(8-10-17)18(13-19)11-15(12-18)14-5-3-2-4-6-14/h2-10,15H,11-12H2,1H3. The summed E-state index contributed by atoms with van der Waals surface area (Å²) < 4.78 is 5.17. The van der Waals surface area contributed by atoms with E-state index < -0.39 is 0 Å². The zero-order valence-electron chi connectivity index (χ0n) is 11.5. The summed E-state index contributed by atoms with van der Waals surface area (Å²) in [6, 6.07) is 20.9. The molecule has 0 aliphatic heterocycles. The van der Waals surface area contributed by atoms with Crippen molar-refractivity contribution >= 4 is 0 Å². The topological polar surface area (TPSA) is 33.0 Å². The molecule has 0 bridgehead atoms. The molecule has 20 heavy (non-hydrogen) atoms. The van der Waals surface area contributed by atoms with Crippen molar-refractivity contribution < 1.29 is 4.74 Å². The van der Waals surface area contributed by atoms with Crippen LogP contribution in [-0.2, 0) is 5.41 Å². The van der Waals surface area contributed by atoms with Crippen LogP contribution in [0, 0.1) is 11.3 Å². The van der Waals surface area contributed by atoms with E-state index in [2.05, 4.69) is 30.3 Å². The molecule has 2 heteroatoms. The minimum Gasteiger partial charge on any atom is -0.497 e. The quantitative estimate of drug-likeness (QED) is 0.837. The lowest BCUT2D eigenvalue weighted by molar-refractivity contribution is 0.269. The molecule has 0 atom stereocenters. The van der Waals surface area contributed by atoms with Crippen LogP contribution >= 0.6 is 0 Å². The van der Waals surface area contributed by atoms with Crippen molar-refractivity contribution in [2.75, 3.05) is 7.11 Å². The lowest BCUT2D eigenvalue weighted by atomic mass is 9.58.